The van der Waals surface area contributed by atoms with Crippen molar-refractivity contribution in [3.05, 3.63) is 71.5 Å². The number of anilines is 1. The van der Waals surface area contributed by atoms with Crippen molar-refractivity contribution in [2.75, 3.05) is 5.32 Å². The molecule has 0 aliphatic heterocycles. The Kier molecular flexibility index (Phi) is 5.54. The Labute approximate surface area is 147 Å². The van der Waals surface area contributed by atoms with Crippen LogP contribution in [0.25, 0.3) is 0 Å². The molecule has 0 aliphatic rings. The summed E-state index contributed by atoms with van der Waals surface area (Å²) in [6.45, 7) is 5.77. The van der Waals surface area contributed by atoms with Crippen LogP contribution in [0.4, 0.5) is 5.69 Å². The molecular formula is C19H22N4S. The van der Waals surface area contributed by atoms with E-state index in [4.69, 9.17) is 0 Å². The van der Waals surface area contributed by atoms with Gasteiger partial charge in [0, 0.05) is 18.0 Å². The van der Waals surface area contributed by atoms with E-state index in [0.29, 0.717) is 6.54 Å². The van der Waals surface area contributed by atoms with Gasteiger partial charge < -0.3 is 9.88 Å². The van der Waals surface area contributed by atoms with Crippen LogP contribution in [0.3, 0.4) is 0 Å². The summed E-state index contributed by atoms with van der Waals surface area (Å²) in [4.78, 5) is 0. The SMILES string of the molecule is CCn1c(CNc2ccc(C)cc2)nnc1SCc1ccccc1. The molecule has 0 saturated carbocycles. The van der Waals surface area contributed by atoms with Crippen LogP contribution < -0.4 is 5.32 Å². The Hall–Kier alpha value is -2.27. The predicted octanol–water partition coefficient (Wildman–Crippen LogP) is 4.51. The summed E-state index contributed by atoms with van der Waals surface area (Å²) >= 11 is 1.73. The predicted molar refractivity (Wildman–Crippen MR) is 100 cm³/mol. The van der Waals surface area contributed by atoms with E-state index in [2.05, 4.69) is 82.5 Å². The third-order valence-electron chi connectivity index (χ3n) is 3.82. The van der Waals surface area contributed by atoms with Crippen LogP contribution in [-0.2, 0) is 18.8 Å². The van der Waals surface area contributed by atoms with Gasteiger partial charge in [0.1, 0.15) is 0 Å². The lowest BCUT2D eigenvalue weighted by molar-refractivity contribution is 0.648. The van der Waals surface area contributed by atoms with Crippen molar-refractivity contribution < 1.29 is 0 Å². The minimum Gasteiger partial charge on any atom is -0.378 e. The van der Waals surface area contributed by atoms with Gasteiger partial charge in [-0.3, -0.25) is 0 Å². The Morgan fingerprint density at radius 2 is 1.75 bits per heavy atom. The molecular weight excluding hydrogens is 316 g/mol. The molecule has 4 nitrogen and oxygen atoms in total. The zero-order chi connectivity index (χ0) is 16.8. The molecule has 0 atom stereocenters. The summed E-state index contributed by atoms with van der Waals surface area (Å²) < 4.78 is 2.18. The smallest absolute Gasteiger partial charge is 0.191 e. The zero-order valence-electron chi connectivity index (χ0n) is 14.1. The summed E-state index contributed by atoms with van der Waals surface area (Å²) in [7, 11) is 0. The molecule has 24 heavy (non-hydrogen) atoms. The average molecular weight is 338 g/mol. The number of rotatable bonds is 7. The standard InChI is InChI=1S/C19H22N4S/c1-3-23-18(13-20-17-11-9-15(2)10-12-17)21-22-19(23)24-14-16-7-5-4-6-8-16/h4-12,20H,3,13-14H2,1-2H3. The Balaban J connectivity index is 1.64. The first-order chi connectivity index (χ1) is 11.8. The summed E-state index contributed by atoms with van der Waals surface area (Å²) in [6, 6.07) is 18.8. The van der Waals surface area contributed by atoms with Crippen LogP contribution >= 0.6 is 11.8 Å². The van der Waals surface area contributed by atoms with Gasteiger partial charge in [-0.05, 0) is 31.5 Å². The van der Waals surface area contributed by atoms with Gasteiger partial charge in [-0.1, -0.05) is 59.8 Å². The summed E-state index contributed by atoms with van der Waals surface area (Å²) in [5.74, 6) is 1.87. The van der Waals surface area contributed by atoms with Crippen LogP contribution in [-0.4, -0.2) is 14.8 Å². The van der Waals surface area contributed by atoms with Gasteiger partial charge in [0.2, 0.25) is 0 Å². The lowest BCUT2D eigenvalue weighted by atomic mass is 10.2. The van der Waals surface area contributed by atoms with E-state index in [1.807, 2.05) is 6.07 Å². The molecule has 2 aromatic carbocycles. The van der Waals surface area contributed by atoms with Gasteiger partial charge in [-0.2, -0.15) is 0 Å². The van der Waals surface area contributed by atoms with Crippen molar-refractivity contribution >= 4 is 17.4 Å². The average Bonchev–Trinajstić information content (AvgIpc) is 3.02. The normalized spacial score (nSPS) is 10.8. The molecule has 1 heterocycles. The van der Waals surface area contributed by atoms with E-state index in [1.165, 1.54) is 11.1 Å². The number of aryl methyl sites for hydroxylation is 1. The second-order valence-corrected chi connectivity index (χ2v) is 6.58. The number of aromatic nitrogens is 3. The van der Waals surface area contributed by atoms with Gasteiger partial charge in [0.25, 0.3) is 0 Å². The fourth-order valence-electron chi connectivity index (χ4n) is 2.45. The van der Waals surface area contributed by atoms with E-state index in [0.717, 1.165) is 29.0 Å². The lowest BCUT2D eigenvalue weighted by Gasteiger charge is -2.09. The third kappa shape index (κ3) is 4.17. The highest BCUT2D eigenvalue weighted by Gasteiger charge is 2.11. The van der Waals surface area contributed by atoms with Gasteiger partial charge in [-0.15, -0.1) is 10.2 Å². The molecule has 0 aliphatic carbocycles. The molecule has 0 amide bonds. The first-order valence-corrected chi connectivity index (χ1v) is 9.14. The minimum atomic E-state index is 0.676. The molecule has 3 aromatic rings. The largest absolute Gasteiger partial charge is 0.378 e. The van der Waals surface area contributed by atoms with Crippen molar-refractivity contribution in [2.24, 2.45) is 0 Å². The number of hydrogen-bond acceptors (Lipinski definition) is 4. The Bertz CT molecular complexity index is 766. The molecule has 0 unspecified atom stereocenters. The maximum atomic E-state index is 4.36. The van der Waals surface area contributed by atoms with Crippen LogP contribution in [0.5, 0.6) is 0 Å². The zero-order valence-corrected chi connectivity index (χ0v) is 14.9. The molecule has 1 N–H and O–H groups in total. The molecule has 0 fully saturated rings. The maximum Gasteiger partial charge on any atom is 0.191 e. The molecule has 3 rings (SSSR count). The van der Waals surface area contributed by atoms with Gasteiger partial charge in [0.05, 0.1) is 6.54 Å². The summed E-state index contributed by atoms with van der Waals surface area (Å²) in [6.07, 6.45) is 0. The number of nitrogens with zero attached hydrogens (tertiary/aromatic N) is 3. The highest BCUT2D eigenvalue weighted by Crippen LogP contribution is 2.22. The molecule has 5 heteroatoms. The van der Waals surface area contributed by atoms with Crippen molar-refractivity contribution in [2.45, 2.75) is 37.8 Å². The van der Waals surface area contributed by atoms with Gasteiger partial charge >= 0.3 is 0 Å². The Morgan fingerprint density at radius 3 is 2.46 bits per heavy atom. The first kappa shape index (κ1) is 16.6. The summed E-state index contributed by atoms with van der Waals surface area (Å²) in [5.41, 5.74) is 3.66. The first-order valence-electron chi connectivity index (χ1n) is 8.15. The quantitative estimate of drug-likeness (QED) is 0.644. The molecule has 0 spiro atoms. The van der Waals surface area contributed by atoms with Gasteiger partial charge in [-0.25, -0.2) is 0 Å². The van der Waals surface area contributed by atoms with E-state index < -0.39 is 0 Å². The second-order valence-electron chi connectivity index (χ2n) is 5.64. The fraction of sp³-hybridized carbons (Fsp3) is 0.263. The van der Waals surface area contributed by atoms with E-state index in [-0.39, 0.29) is 0 Å². The van der Waals surface area contributed by atoms with Crippen LogP contribution in [0.1, 0.15) is 23.9 Å². The van der Waals surface area contributed by atoms with E-state index in [1.54, 1.807) is 11.8 Å². The van der Waals surface area contributed by atoms with Crippen LogP contribution in [0.2, 0.25) is 0 Å². The Morgan fingerprint density at radius 1 is 1.00 bits per heavy atom. The third-order valence-corrected chi connectivity index (χ3v) is 4.86. The number of nitrogens with one attached hydrogen (secondary N) is 1. The second kappa shape index (κ2) is 8.02. The lowest BCUT2D eigenvalue weighted by Crippen LogP contribution is -2.08. The van der Waals surface area contributed by atoms with Crippen LogP contribution in [0.15, 0.2) is 59.8 Å². The number of hydrogen-bond donors (Lipinski definition) is 1. The minimum absolute atomic E-state index is 0.676. The molecule has 0 bridgehead atoms. The summed E-state index contributed by atoms with van der Waals surface area (Å²) in [5, 5.41) is 13.1. The number of benzene rings is 2. The van der Waals surface area contributed by atoms with Crippen molar-refractivity contribution in [1.29, 1.82) is 0 Å². The van der Waals surface area contributed by atoms with E-state index >= 15 is 0 Å². The van der Waals surface area contributed by atoms with Crippen LogP contribution in [0, 0.1) is 6.92 Å². The highest BCUT2D eigenvalue weighted by atomic mass is 32.2. The topological polar surface area (TPSA) is 42.7 Å². The van der Waals surface area contributed by atoms with E-state index in [9.17, 15) is 0 Å². The molecule has 124 valence electrons. The van der Waals surface area contributed by atoms with Crippen molar-refractivity contribution in [3.63, 3.8) is 0 Å². The highest BCUT2D eigenvalue weighted by molar-refractivity contribution is 7.98. The monoisotopic (exact) mass is 338 g/mol. The molecule has 0 radical (unpaired) electrons. The number of thioether (sulfide) groups is 1. The van der Waals surface area contributed by atoms with Gasteiger partial charge in [0.15, 0.2) is 11.0 Å². The van der Waals surface area contributed by atoms with Crippen molar-refractivity contribution in [3.8, 4) is 0 Å². The van der Waals surface area contributed by atoms with Crippen molar-refractivity contribution in [1.82, 2.24) is 14.8 Å². The molecule has 1 aromatic heterocycles. The maximum absolute atomic E-state index is 4.36. The molecule has 0 saturated heterocycles. The fourth-order valence-corrected chi connectivity index (χ4v) is 3.43.